The molecule has 27 heavy (non-hydrogen) atoms. The molecule has 1 aromatic rings. The number of anilines is 1. The number of nitro benzene ring substituents is 1. The van der Waals surface area contributed by atoms with Crippen LogP contribution in [-0.4, -0.2) is 48.3 Å². The number of rotatable bonds is 7. The van der Waals surface area contributed by atoms with E-state index >= 15 is 0 Å². The van der Waals surface area contributed by atoms with Crippen LogP contribution in [0.3, 0.4) is 0 Å². The van der Waals surface area contributed by atoms with Crippen molar-refractivity contribution in [2.24, 2.45) is 5.92 Å². The van der Waals surface area contributed by atoms with Gasteiger partial charge >= 0.3 is 11.8 Å². The summed E-state index contributed by atoms with van der Waals surface area (Å²) in [5.74, 6) is 0.733. The second-order valence-electron chi connectivity index (χ2n) is 7.98. The Balaban J connectivity index is 1.81. The van der Waals surface area contributed by atoms with E-state index in [1.807, 2.05) is 20.8 Å². The van der Waals surface area contributed by atoms with Gasteiger partial charge in [0, 0.05) is 19.6 Å². The summed E-state index contributed by atoms with van der Waals surface area (Å²) in [5.41, 5.74) is -0.0516. The summed E-state index contributed by atoms with van der Waals surface area (Å²) in [5, 5.41) is 14.6. The van der Waals surface area contributed by atoms with E-state index in [1.54, 1.807) is 30.1 Å². The molecule has 0 heterocycles. The van der Waals surface area contributed by atoms with Gasteiger partial charge < -0.3 is 19.7 Å². The number of nitrogens with zero attached hydrogens (tertiary/aromatic N) is 2. The van der Waals surface area contributed by atoms with Crippen LogP contribution in [0, 0.1) is 16.0 Å². The maximum Gasteiger partial charge on any atom is 0.410 e. The van der Waals surface area contributed by atoms with E-state index in [9.17, 15) is 14.9 Å². The van der Waals surface area contributed by atoms with Crippen molar-refractivity contribution in [1.82, 2.24) is 4.90 Å². The van der Waals surface area contributed by atoms with Crippen LogP contribution >= 0.6 is 0 Å². The van der Waals surface area contributed by atoms with E-state index in [0.717, 1.165) is 19.3 Å². The Hall–Kier alpha value is -2.51. The van der Waals surface area contributed by atoms with E-state index in [1.165, 1.54) is 7.11 Å². The largest absolute Gasteiger partial charge is 0.490 e. The topological polar surface area (TPSA) is 93.9 Å². The van der Waals surface area contributed by atoms with E-state index in [0.29, 0.717) is 18.2 Å². The molecule has 1 aromatic carbocycles. The number of para-hydroxylation sites is 1. The molecule has 1 saturated carbocycles. The summed E-state index contributed by atoms with van der Waals surface area (Å²) < 4.78 is 10.4. The molecule has 8 nitrogen and oxygen atoms in total. The van der Waals surface area contributed by atoms with Gasteiger partial charge in [0.1, 0.15) is 11.3 Å². The van der Waals surface area contributed by atoms with Crippen molar-refractivity contribution in [1.29, 1.82) is 0 Å². The van der Waals surface area contributed by atoms with Gasteiger partial charge in [0.15, 0.2) is 5.75 Å². The average Bonchev–Trinajstić information content (AvgIpc) is 2.54. The molecule has 1 aliphatic rings. The highest BCUT2D eigenvalue weighted by Crippen LogP contribution is 2.38. The molecule has 1 amide bonds. The average molecular weight is 379 g/mol. The Morgan fingerprint density at radius 2 is 2.04 bits per heavy atom. The van der Waals surface area contributed by atoms with Crippen molar-refractivity contribution in [3.05, 3.63) is 28.3 Å². The van der Waals surface area contributed by atoms with Crippen molar-refractivity contribution in [2.75, 3.05) is 26.0 Å². The maximum atomic E-state index is 12.0. The van der Waals surface area contributed by atoms with Crippen LogP contribution in [0.2, 0.25) is 0 Å². The Kier molecular flexibility index (Phi) is 6.51. The number of hydrogen-bond acceptors (Lipinski definition) is 6. The molecule has 0 unspecified atom stereocenters. The molecule has 0 saturated heterocycles. The lowest BCUT2D eigenvalue weighted by Crippen LogP contribution is -2.39. The summed E-state index contributed by atoms with van der Waals surface area (Å²) in [7, 11) is 3.16. The summed E-state index contributed by atoms with van der Waals surface area (Å²) in [6.07, 6.45) is 2.39. The molecule has 0 bridgehead atoms. The maximum absolute atomic E-state index is 12.0. The Morgan fingerprint density at radius 1 is 1.37 bits per heavy atom. The van der Waals surface area contributed by atoms with Crippen LogP contribution in [0.25, 0.3) is 0 Å². The second-order valence-corrected chi connectivity index (χ2v) is 7.98. The van der Waals surface area contributed by atoms with Crippen LogP contribution in [-0.2, 0) is 4.74 Å². The minimum Gasteiger partial charge on any atom is -0.490 e. The smallest absolute Gasteiger partial charge is 0.410 e. The van der Waals surface area contributed by atoms with Crippen molar-refractivity contribution in [2.45, 2.75) is 51.7 Å². The second kappa shape index (κ2) is 8.45. The van der Waals surface area contributed by atoms with Crippen LogP contribution in [0.5, 0.6) is 5.75 Å². The van der Waals surface area contributed by atoms with Crippen LogP contribution < -0.4 is 10.1 Å². The summed E-state index contributed by atoms with van der Waals surface area (Å²) in [6, 6.07) is 5.21. The first-order valence-corrected chi connectivity index (χ1v) is 9.12. The van der Waals surface area contributed by atoms with Crippen molar-refractivity contribution >= 4 is 17.5 Å². The van der Waals surface area contributed by atoms with Gasteiger partial charge in [-0.05, 0) is 58.1 Å². The predicted molar refractivity (Wildman–Crippen MR) is 103 cm³/mol. The quantitative estimate of drug-likeness (QED) is 0.567. The fraction of sp³-hybridized carbons (Fsp3) is 0.632. The van der Waals surface area contributed by atoms with E-state index in [4.69, 9.17) is 9.47 Å². The SMILES string of the molecule is COc1cccc(NC2CC(CCN(C)C(=O)OC(C)(C)C)C2)c1[N+](=O)[O-]. The van der Waals surface area contributed by atoms with Gasteiger partial charge in [-0.15, -0.1) is 0 Å². The molecule has 0 spiro atoms. The Morgan fingerprint density at radius 3 is 2.59 bits per heavy atom. The lowest BCUT2D eigenvalue weighted by atomic mass is 9.78. The number of benzene rings is 1. The summed E-state index contributed by atoms with van der Waals surface area (Å²) >= 11 is 0. The molecule has 0 atom stereocenters. The standard InChI is InChI=1S/C19H29N3O5/c1-19(2,3)27-18(23)21(4)10-9-13-11-14(12-13)20-15-7-6-8-16(26-5)17(15)22(24)25/h6-8,13-14,20H,9-12H2,1-5H3. The fourth-order valence-corrected chi connectivity index (χ4v) is 3.11. The van der Waals surface area contributed by atoms with Crippen LogP contribution in [0.4, 0.5) is 16.2 Å². The van der Waals surface area contributed by atoms with Crippen molar-refractivity contribution in [3.63, 3.8) is 0 Å². The number of amides is 1. The van der Waals surface area contributed by atoms with E-state index in [-0.39, 0.29) is 23.6 Å². The highest BCUT2D eigenvalue weighted by molar-refractivity contribution is 5.69. The van der Waals surface area contributed by atoms with Gasteiger partial charge in [-0.3, -0.25) is 10.1 Å². The van der Waals surface area contributed by atoms with Crippen molar-refractivity contribution in [3.8, 4) is 5.75 Å². The molecule has 1 aliphatic carbocycles. The molecule has 0 aromatic heterocycles. The van der Waals surface area contributed by atoms with E-state index < -0.39 is 10.5 Å². The first kappa shape index (κ1) is 20.8. The zero-order valence-corrected chi connectivity index (χ0v) is 16.7. The number of nitrogens with one attached hydrogen (secondary N) is 1. The molecule has 1 fully saturated rings. The molecule has 0 radical (unpaired) electrons. The summed E-state index contributed by atoms with van der Waals surface area (Å²) in [4.78, 5) is 24.5. The predicted octanol–water partition coefficient (Wildman–Crippen LogP) is 4.05. The van der Waals surface area contributed by atoms with E-state index in [2.05, 4.69) is 5.32 Å². The number of hydrogen-bond donors (Lipinski definition) is 1. The Labute approximate surface area is 160 Å². The van der Waals surface area contributed by atoms with Gasteiger partial charge in [0.05, 0.1) is 12.0 Å². The van der Waals surface area contributed by atoms with Gasteiger partial charge in [-0.1, -0.05) is 6.07 Å². The lowest BCUT2D eigenvalue weighted by molar-refractivity contribution is -0.384. The molecule has 150 valence electrons. The lowest BCUT2D eigenvalue weighted by Gasteiger charge is -2.37. The third kappa shape index (κ3) is 5.74. The molecular weight excluding hydrogens is 350 g/mol. The minimum absolute atomic E-state index is 0.0342. The zero-order chi connectivity index (χ0) is 20.2. The Bertz CT molecular complexity index is 680. The number of carbonyl (C=O) groups excluding carboxylic acids is 1. The molecular formula is C19H29N3O5. The molecule has 0 aliphatic heterocycles. The van der Waals surface area contributed by atoms with Crippen molar-refractivity contribution < 1.29 is 19.2 Å². The van der Waals surface area contributed by atoms with Gasteiger partial charge in [0.2, 0.25) is 0 Å². The van der Waals surface area contributed by atoms with Gasteiger partial charge in [-0.25, -0.2) is 4.79 Å². The third-order valence-corrected chi connectivity index (χ3v) is 4.57. The third-order valence-electron chi connectivity index (χ3n) is 4.57. The fourth-order valence-electron chi connectivity index (χ4n) is 3.11. The number of nitro groups is 1. The number of ether oxygens (including phenoxy) is 2. The van der Waals surface area contributed by atoms with Gasteiger partial charge in [0.25, 0.3) is 0 Å². The highest BCUT2D eigenvalue weighted by Gasteiger charge is 2.32. The highest BCUT2D eigenvalue weighted by atomic mass is 16.6. The normalized spacial score (nSPS) is 19.0. The zero-order valence-electron chi connectivity index (χ0n) is 16.7. The van der Waals surface area contributed by atoms with Crippen LogP contribution in [0.1, 0.15) is 40.0 Å². The number of methoxy groups -OCH3 is 1. The molecule has 8 heteroatoms. The first-order valence-electron chi connectivity index (χ1n) is 9.12. The number of carbonyl (C=O) groups is 1. The molecule has 2 rings (SSSR count). The minimum atomic E-state index is -0.498. The van der Waals surface area contributed by atoms with Gasteiger partial charge in [-0.2, -0.15) is 0 Å². The first-order chi connectivity index (χ1) is 12.6. The summed E-state index contributed by atoms with van der Waals surface area (Å²) in [6.45, 7) is 6.17. The monoisotopic (exact) mass is 379 g/mol. The molecule has 1 N–H and O–H groups in total. The van der Waals surface area contributed by atoms with Crippen LogP contribution in [0.15, 0.2) is 18.2 Å².